The van der Waals surface area contributed by atoms with Crippen molar-refractivity contribution < 1.29 is 14.8 Å². The zero-order valence-corrected chi connectivity index (χ0v) is 11.9. The number of nitrogens with two attached hydrogens (primary N) is 1. The monoisotopic (exact) mass is 293 g/mol. The van der Waals surface area contributed by atoms with Crippen LogP contribution in [0.2, 0.25) is 0 Å². The van der Waals surface area contributed by atoms with Crippen LogP contribution in [0.15, 0.2) is 18.2 Å². The van der Waals surface area contributed by atoms with Crippen LogP contribution in [0, 0.1) is 10.1 Å². The number of carbonyl (C=O) groups is 1. The van der Waals surface area contributed by atoms with Crippen LogP contribution in [0.3, 0.4) is 0 Å². The van der Waals surface area contributed by atoms with E-state index in [9.17, 15) is 20.0 Å². The molecule has 0 aliphatic carbocycles. The van der Waals surface area contributed by atoms with E-state index >= 15 is 0 Å². The second-order valence-corrected chi connectivity index (χ2v) is 5.67. The van der Waals surface area contributed by atoms with Gasteiger partial charge in [0.05, 0.1) is 16.1 Å². The van der Waals surface area contributed by atoms with Gasteiger partial charge in [-0.25, -0.2) is 0 Å². The van der Waals surface area contributed by atoms with E-state index in [0.717, 1.165) is 0 Å². The first-order valence-corrected chi connectivity index (χ1v) is 6.86. The molecule has 0 bridgehead atoms. The second kappa shape index (κ2) is 5.69. The van der Waals surface area contributed by atoms with E-state index in [1.165, 1.54) is 18.2 Å². The van der Waals surface area contributed by atoms with Crippen LogP contribution in [0.1, 0.15) is 36.5 Å². The maximum Gasteiger partial charge on any atom is 0.270 e. The van der Waals surface area contributed by atoms with Crippen molar-refractivity contribution in [2.45, 2.75) is 31.8 Å². The van der Waals surface area contributed by atoms with Crippen molar-refractivity contribution in [3.8, 4) is 0 Å². The SMILES string of the molecule is CC1(O)CCCN(C(=O)c2cc([N+](=O)[O-])ccc2N)CC1. The van der Waals surface area contributed by atoms with Gasteiger partial charge in [-0.1, -0.05) is 0 Å². The highest BCUT2D eigenvalue weighted by Gasteiger charge is 2.28. The van der Waals surface area contributed by atoms with Crippen LogP contribution >= 0.6 is 0 Å². The number of non-ortho nitro benzene ring substituents is 1. The van der Waals surface area contributed by atoms with Gasteiger partial charge in [0.25, 0.3) is 11.6 Å². The van der Waals surface area contributed by atoms with E-state index in [-0.39, 0.29) is 22.8 Å². The maximum absolute atomic E-state index is 12.5. The van der Waals surface area contributed by atoms with Gasteiger partial charge in [-0.3, -0.25) is 14.9 Å². The molecule has 1 fully saturated rings. The molecule has 1 atom stereocenters. The minimum absolute atomic E-state index is 0.144. The van der Waals surface area contributed by atoms with Crippen molar-refractivity contribution >= 4 is 17.3 Å². The van der Waals surface area contributed by atoms with Crippen molar-refractivity contribution in [1.29, 1.82) is 0 Å². The number of nitro benzene ring substituents is 1. The number of hydrogen-bond donors (Lipinski definition) is 2. The zero-order valence-electron chi connectivity index (χ0n) is 11.9. The number of nitrogens with zero attached hydrogens (tertiary/aromatic N) is 2. The van der Waals surface area contributed by atoms with Crippen LogP contribution in [-0.4, -0.2) is 39.5 Å². The number of benzene rings is 1. The van der Waals surface area contributed by atoms with Crippen LogP contribution < -0.4 is 5.73 Å². The van der Waals surface area contributed by atoms with Gasteiger partial charge in [-0.05, 0) is 32.3 Å². The van der Waals surface area contributed by atoms with Gasteiger partial charge in [0, 0.05) is 30.9 Å². The van der Waals surface area contributed by atoms with E-state index in [0.29, 0.717) is 32.4 Å². The molecule has 0 saturated carbocycles. The molecule has 1 amide bonds. The van der Waals surface area contributed by atoms with Crippen LogP contribution in [0.4, 0.5) is 11.4 Å². The molecule has 7 heteroatoms. The van der Waals surface area contributed by atoms with Gasteiger partial charge >= 0.3 is 0 Å². The summed E-state index contributed by atoms with van der Waals surface area (Å²) in [4.78, 5) is 24.4. The van der Waals surface area contributed by atoms with Gasteiger partial charge in [0.1, 0.15) is 0 Å². The molecule has 0 radical (unpaired) electrons. The lowest BCUT2D eigenvalue weighted by molar-refractivity contribution is -0.384. The van der Waals surface area contributed by atoms with Gasteiger partial charge < -0.3 is 15.7 Å². The first-order valence-electron chi connectivity index (χ1n) is 6.86. The average molecular weight is 293 g/mol. The Kier molecular flexibility index (Phi) is 4.13. The number of amides is 1. The zero-order chi connectivity index (χ0) is 15.6. The molecule has 1 aliphatic rings. The molecule has 3 N–H and O–H groups in total. The lowest BCUT2D eigenvalue weighted by atomic mass is 9.98. The Labute approximate surface area is 122 Å². The standard InChI is InChI=1S/C14H19N3O4/c1-14(19)5-2-7-16(8-6-14)13(18)11-9-10(17(20)21)3-4-12(11)15/h3-4,9,19H,2,5-8,15H2,1H3. The Morgan fingerprint density at radius 1 is 1.43 bits per heavy atom. The summed E-state index contributed by atoms with van der Waals surface area (Å²) in [6.45, 7) is 2.67. The minimum atomic E-state index is -0.775. The van der Waals surface area contributed by atoms with Crippen molar-refractivity contribution in [2.75, 3.05) is 18.8 Å². The average Bonchev–Trinajstić information content (AvgIpc) is 2.59. The van der Waals surface area contributed by atoms with Crippen molar-refractivity contribution in [3.63, 3.8) is 0 Å². The van der Waals surface area contributed by atoms with E-state index in [1.807, 2.05) is 0 Å². The predicted octanol–water partition coefficient (Wildman–Crippen LogP) is 1.55. The molecule has 1 aromatic carbocycles. The third-order valence-corrected chi connectivity index (χ3v) is 3.83. The Balaban J connectivity index is 2.23. The predicted molar refractivity (Wildman–Crippen MR) is 77.9 cm³/mol. The fraction of sp³-hybridized carbons (Fsp3) is 0.500. The Hall–Kier alpha value is -2.15. The molecule has 1 unspecified atom stereocenters. The summed E-state index contributed by atoms with van der Waals surface area (Å²) >= 11 is 0. The third-order valence-electron chi connectivity index (χ3n) is 3.83. The Morgan fingerprint density at radius 2 is 2.14 bits per heavy atom. The molecule has 1 aromatic rings. The summed E-state index contributed by atoms with van der Waals surface area (Å²) in [6, 6.07) is 3.86. The summed E-state index contributed by atoms with van der Waals surface area (Å²) < 4.78 is 0. The largest absolute Gasteiger partial charge is 0.398 e. The van der Waals surface area contributed by atoms with Crippen molar-refractivity contribution in [2.24, 2.45) is 0 Å². The smallest absolute Gasteiger partial charge is 0.270 e. The van der Waals surface area contributed by atoms with Crippen LogP contribution in [0.5, 0.6) is 0 Å². The van der Waals surface area contributed by atoms with Crippen LogP contribution in [0.25, 0.3) is 0 Å². The van der Waals surface area contributed by atoms with Crippen LogP contribution in [-0.2, 0) is 0 Å². The maximum atomic E-state index is 12.5. The van der Waals surface area contributed by atoms with E-state index in [2.05, 4.69) is 0 Å². The highest BCUT2D eigenvalue weighted by Crippen LogP contribution is 2.25. The topological polar surface area (TPSA) is 110 Å². The summed E-state index contributed by atoms with van der Waals surface area (Å²) in [7, 11) is 0. The Bertz CT molecular complexity index is 571. The fourth-order valence-electron chi connectivity index (χ4n) is 2.48. The number of anilines is 1. The molecule has 21 heavy (non-hydrogen) atoms. The van der Waals surface area contributed by atoms with Gasteiger partial charge in [0.2, 0.25) is 0 Å². The lowest BCUT2D eigenvalue weighted by Gasteiger charge is -2.23. The second-order valence-electron chi connectivity index (χ2n) is 5.67. The molecule has 2 rings (SSSR count). The van der Waals surface area contributed by atoms with Crippen molar-refractivity contribution in [3.05, 3.63) is 33.9 Å². The molecule has 1 aliphatic heterocycles. The summed E-state index contributed by atoms with van der Waals surface area (Å²) in [6.07, 6.45) is 1.79. The third kappa shape index (κ3) is 3.49. The summed E-state index contributed by atoms with van der Waals surface area (Å²) in [5.41, 5.74) is 5.21. The Morgan fingerprint density at radius 3 is 2.81 bits per heavy atom. The quantitative estimate of drug-likeness (QED) is 0.488. The van der Waals surface area contributed by atoms with Crippen molar-refractivity contribution in [1.82, 2.24) is 4.90 Å². The summed E-state index contributed by atoms with van der Waals surface area (Å²) in [5, 5.41) is 20.9. The number of hydrogen-bond acceptors (Lipinski definition) is 5. The molecular weight excluding hydrogens is 274 g/mol. The molecular formula is C14H19N3O4. The molecule has 1 heterocycles. The van der Waals surface area contributed by atoms with E-state index in [4.69, 9.17) is 5.73 Å². The first-order chi connectivity index (χ1) is 9.80. The van der Waals surface area contributed by atoms with Gasteiger partial charge in [-0.15, -0.1) is 0 Å². The number of rotatable bonds is 2. The fourth-order valence-corrected chi connectivity index (χ4v) is 2.48. The number of likely N-dealkylation sites (tertiary alicyclic amines) is 1. The number of carbonyl (C=O) groups excluding carboxylic acids is 1. The molecule has 1 saturated heterocycles. The molecule has 0 spiro atoms. The molecule has 0 aromatic heterocycles. The summed E-state index contributed by atoms with van der Waals surface area (Å²) in [5.74, 6) is -0.325. The molecule has 114 valence electrons. The number of aliphatic hydroxyl groups is 1. The lowest BCUT2D eigenvalue weighted by Crippen LogP contribution is -2.34. The number of nitrogen functional groups attached to an aromatic ring is 1. The van der Waals surface area contributed by atoms with E-state index < -0.39 is 10.5 Å². The highest BCUT2D eigenvalue weighted by atomic mass is 16.6. The molecule has 7 nitrogen and oxygen atoms in total. The number of nitro groups is 1. The first kappa shape index (κ1) is 15.2. The van der Waals surface area contributed by atoms with Gasteiger partial charge in [-0.2, -0.15) is 0 Å². The minimum Gasteiger partial charge on any atom is -0.398 e. The van der Waals surface area contributed by atoms with Gasteiger partial charge in [0.15, 0.2) is 0 Å². The van der Waals surface area contributed by atoms with E-state index in [1.54, 1.807) is 11.8 Å². The normalized spacial score (nSPS) is 22.7. The highest BCUT2D eigenvalue weighted by molar-refractivity contribution is 5.99.